The maximum absolute atomic E-state index is 12.4. The summed E-state index contributed by atoms with van der Waals surface area (Å²) in [5, 5.41) is 5.45. The number of unbranched alkanes of at least 4 members (excludes halogenated alkanes) is 7. The Morgan fingerprint density at radius 2 is 1.44 bits per heavy atom. The molecular formula is C22H34N2O3. The van der Waals surface area contributed by atoms with Gasteiger partial charge in [0.1, 0.15) is 0 Å². The van der Waals surface area contributed by atoms with Crippen LogP contribution in [0.2, 0.25) is 0 Å². The standard InChI is InChI=1S/C22H34N2O3/c1-3-5-7-9-10-16-20(25)24-19-15-12-11-14-18(19)21(26)22(27)23-17-13-8-6-4-2/h11-12,14-15H,3-10,13,16-17H2,1-2H3,(H,23,27)(H,24,25). The summed E-state index contributed by atoms with van der Waals surface area (Å²) in [5.41, 5.74) is 0.644. The van der Waals surface area contributed by atoms with Crippen molar-refractivity contribution in [2.75, 3.05) is 11.9 Å². The topological polar surface area (TPSA) is 75.3 Å². The summed E-state index contributed by atoms with van der Waals surface area (Å²) in [5.74, 6) is -1.34. The zero-order chi connectivity index (χ0) is 19.9. The third kappa shape index (κ3) is 9.36. The van der Waals surface area contributed by atoms with Crippen LogP contribution >= 0.6 is 0 Å². The highest BCUT2D eigenvalue weighted by Gasteiger charge is 2.19. The van der Waals surface area contributed by atoms with Gasteiger partial charge in [-0.3, -0.25) is 14.4 Å². The molecule has 2 amide bonds. The third-order valence-corrected chi connectivity index (χ3v) is 4.48. The quantitative estimate of drug-likeness (QED) is 0.277. The molecule has 0 aliphatic heterocycles. The van der Waals surface area contributed by atoms with Gasteiger partial charge in [-0.05, 0) is 25.0 Å². The number of amides is 2. The molecule has 0 atom stereocenters. The predicted molar refractivity (Wildman–Crippen MR) is 110 cm³/mol. The van der Waals surface area contributed by atoms with E-state index in [1.54, 1.807) is 24.3 Å². The minimum atomic E-state index is -0.618. The Kier molecular flexibility index (Phi) is 11.8. The van der Waals surface area contributed by atoms with Gasteiger partial charge in [-0.15, -0.1) is 0 Å². The molecule has 27 heavy (non-hydrogen) atoms. The number of carbonyl (C=O) groups excluding carboxylic acids is 3. The second kappa shape index (κ2) is 14.0. The van der Waals surface area contributed by atoms with E-state index in [0.717, 1.165) is 44.9 Å². The molecule has 0 saturated carbocycles. The van der Waals surface area contributed by atoms with Crippen LogP contribution in [0, 0.1) is 0 Å². The Hall–Kier alpha value is -2.17. The number of Topliss-reactive ketones (excluding diaryl/α,β-unsaturated/α-hetero) is 1. The predicted octanol–water partition coefficient (Wildman–Crippen LogP) is 4.86. The Labute approximate surface area is 163 Å². The van der Waals surface area contributed by atoms with Crippen molar-refractivity contribution in [3.63, 3.8) is 0 Å². The fraction of sp³-hybridized carbons (Fsp3) is 0.591. The van der Waals surface area contributed by atoms with E-state index in [-0.39, 0.29) is 11.5 Å². The lowest BCUT2D eigenvalue weighted by Crippen LogP contribution is -2.32. The van der Waals surface area contributed by atoms with E-state index >= 15 is 0 Å². The van der Waals surface area contributed by atoms with Gasteiger partial charge >= 0.3 is 0 Å². The molecule has 0 aliphatic rings. The SMILES string of the molecule is CCCCCCCC(=O)Nc1ccccc1C(=O)C(=O)NCCCCCC. The number of anilines is 1. The van der Waals surface area contributed by atoms with Crippen molar-refractivity contribution < 1.29 is 14.4 Å². The van der Waals surface area contributed by atoms with Crippen LogP contribution in [-0.2, 0) is 9.59 Å². The lowest BCUT2D eigenvalue weighted by atomic mass is 10.1. The molecule has 1 rings (SSSR count). The maximum Gasteiger partial charge on any atom is 0.292 e. The zero-order valence-electron chi connectivity index (χ0n) is 16.8. The van der Waals surface area contributed by atoms with Crippen LogP contribution < -0.4 is 10.6 Å². The van der Waals surface area contributed by atoms with E-state index in [0.29, 0.717) is 18.7 Å². The lowest BCUT2D eigenvalue weighted by Gasteiger charge is -2.10. The highest BCUT2D eigenvalue weighted by molar-refractivity contribution is 6.44. The number of rotatable bonds is 14. The summed E-state index contributed by atoms with van der Waals surface area (Å²) in [6.45, 7) is 4.78. The number of para-hydroxylation sites is 1. The average Bonchev–Trinajstić information content (AvgIpc) is 2.67. The summed E-state index contributed by atoms with van der Waals surface area (Å²) in [6.07, 6.45) is 9.93. The molecule has 1 aromatic rings. The Balaban J connectivity index is 2.53. The van der Waals surface area contributed by atoms with E-state index in [1.165, 1.54) is 12.8 Å². The largest absolute Gasteiger partial charge is 0.349 e. The van der Waals surface area contributed by atoms with Gasteiger partial charge in [0.05, 0.1) is 11.3 Å². The van der Waals surface area contributed by atoms with E-state index < -0.39 is 11.7 Å². The monoisotopic (exact) mass is 374 g/mol. The highest BCUT2D eigenvalue weighted by atomic mass is 16.2. The molecule has 0 fully saturated rings. The van der Waals surface area contributed by atoms with Crippen molar-refractivity contribution in [1.82, 2.24) is 5.32 Å². The second-order valence-electron chi connectivity index (χ2n) is 6.90. The Morgan fingerprint density at radius 1 is 0.815 bits per heavy atom. The zero-order valence-corrected chi connectivity index (χ0v) is 16.8. The van der Waals surface area contributed by atoms with Crippen LogP contribution in [0.5, 0.6) is 0 Å². The molecule has 5 heteroatoms. The van der Waals surface area contributed by atoms with Gasteiger partial charge < -0.3 is 10.6 Å². The summed E-state index contributed by atoms with van der Waals surface area (Å²) >= 11 is 0. The average molecular weight is 375 g/mol. The van der Waals surface area contributed by atoms with Crippen LogP contribution in [0.4, 0.5) is 5.69 Å². The molecule has 0 radical (unpaired) electrons. The van der Waals surface area contributed by atoms with Crippen LogP contribution in [0.3, 0.4) is 0 Å². The van der Waals surface area contributed by atoms with Crippen LogP contribution in [0.25, 0.3) is 0 Å². The molecule has 0 aliphatic carbocycles. The molecule has 0 aromatic heterocycles. The van der Waals surface area contributed by atoms with Crippen molar-refractivity contribution in [3.05, 3.63) is 29.8 Å². The Morgan fingerprint density at radius 3 is 2.15 bits per heavy atom. The Bertz CT molecular complexity index is 599. The summed E-state index contributed by atoms with van der Waals surface area (Å²) < 4.78 is 0. The third-order valence-electron chi connectivity index (χ3n) is 4.48. The summed E-state index contributed by atoms with van der Waals surface area (Å²) in [6, 6.07) is 6.69. The van der Waals surface area contributed by atoms with Gasteiger partial charge in [0.15, 0.2) is 0 Å². The summed E-state index contributed by atoms with van der Waals surface area (Å²) in [4.78, 5) is 36.7. The number of carbonyl (C=O) groups is 3. The first-order valence-electron chi connectivity index (χ1n) is 10.3. The van der Waals surface area contributed by atoms with Crippen molar-refractivity contribution >= 4 is 23.3 Å². The highest BCUT2D eigenvalue weighted by Crippen LogP contribution is 2.17. The maximum atomic E-state index is 12.4. The fourth-order valence-electron chi connectivity index (χ4n) is 2.85. The first-order chi connectivity index (χ1) is 13.1. The van der Waals surface area contributed by atoms with E-state index in [1.807, 2.05) is 0 Å². The first-order valence-corrected chi connectivity index (χ1v) is 10.3. The van der Waals surface area contributed by atoms with Crippen molar-refractivity contribution in [2.24, 2.45) is 0 Å². The normalized spacial score (nSPS) is 10.4. The van der Waals surface area contributed by atoms with Gasteiger partial charge in [0, 0.05) is 13.0 Å². The molecule has 0 spiro atoms. The van der Waals surface area contributed by atoms with E-state index in [2.05, 4.69) is 24.5 Å². The van der Waals surface area contributed by atoms with Gasteiger partial charge in [-0.1, -0.05) is 70.9 Å². The molecule has 2 N–H and O–H groups in total. The second-order valence-corrected chi connectivity index (χ2v) is 6.90. The lowest BCUT2D eigenvalue weighted by molar-refractivity contribution is -0.117. The molecular weight excluding hydrogens is 340 g/mol. The number of hydrogen-bond donors (Lipinski definition) is 2. The van der Waals surface area contributed by atoms with Gasteiger partial charge in [-0.25, -0.2) is 0 Å². The minimum Gasteiger partial charge on any atom is -0.349 e. The van der Waals surface area contributed by atoms with Crippen molar-refractivity contribution in [1.29, 1.82) is 0 Å². The molecule has 1 aromatic carbocycles. The minimum absolute atomic E-state index is 0.119. The van der Waals surface area contributed by atoms with Gasteiger partial charge in [-0.2, -0.15) is 0 Å². The number of benzene rings is 1. The first kappa shape index (κ1) is 22.9. The van der Waals surface area contributed by atoms with E-state index in [9.17, 15) is 14.4 Å². The summed E-state index contributed by atoms with van der Waals surface area (Å²) in [7, 11) is 0. The van der Waals surface area contributed by atoms with Crippen LogP contribution in [0.1, 0.15) is 88.4 Å². The fourth-order valence-corrected chi connectivity index (χ4v) is 2.85. The number of hydrogen-bond acceptors (Lipinski definition) is 3. The van der Waals surface area contributed by atoms with Crippen molar-refractivity contribution in [3.8, 4) is 0 Å². The van der Waals surface area contributed by atoms with Crippen LogP contribution in [0.15, 0.2) is 24.3 Å². The molecule has 0 bridgehead atoms. The van der Waals surface area contributed by atoms with Crippen LogP contribution in [-0.4, -0.2) is 24.1 Å². The van der Waals surface area contributed by atoms with Crippen molar-refractivity contribution in [2.45, 2.75) is 78.1 Å². The van der Waals surface area contributed by atoms with Gasteiger partial charge in [0.2, 0.25) is 5.91 Å². The number of nitrogens with one attached hydrogen (secondary N) is 2. The molecule has 0 unspecified atom stereocenters. The smallest absolute Gasteiger partial charge is 0.292 e. The molecule has 0 saturated heterocycles. The number of ketones is 1. The molecule has 150 valence electrons. The van der Waals surface area contributed by atoms with E-state index in [4.69, 9.17) is 0 Å². The van der Waals surface area contributed by atoms with Gasteiger partial charge in [0.25, 0.3) is 11.7 Å². The molecule has 5 nitrogen and oxygen atoms in total. The molecule has 0 heterocycles.